The first kappa shape index (κ1) is 15.5. The van der Waals surface area contributed by atoms with Crippen LogP contribution < -0.4 is 16.0 Å². The van der Waals surface area contributed by atoms with Gasteiger partial charge >= 0.3 is 0 Å². The van der Waals surface area contributed by atoms with Gasteiger partial charge in [-0.2, -0.15) is 0 Å². The average Bonchev–Trinajstić information content (AvgIpc) is 2.92. The Morgan fingerprint density at radius 3 is 2.86 bits per heavy atom. The Bertz CT molecular complexity index is 652. The zero-order valence-electron chi connectivity index (χ0n) is 12.4. The number of carbonyl (C=O) groups excluding carboxylic acids is 1. The molecule has 1 aromatic heterocycles. The molecule has 5 nitrogen and oxygen atoms in total. The van der Waals surface area contributed by atoms with Crippen molar-refractivity contribution in [3.63, 3.8) is 0 Å². The van der Waals surface area contributed by atoms with Crippen LogP contribution in [0.1, 0.15) is 31.4 Å². The second-order valence-corrected chi connectivity index (χ2v) is 6.01. The maximum Gasteiger partial charge on any atom is 0.276 e. The van der Waals surface area contributed by atoms with Gasteiger partial charge in [0.05, 0.1) is 17.8 Å². The van der Waals surface area contributed by atoms with Crippen molar-refractivity contribution in [2.24, 2.45) is 5.84 Å². The van der Waals surface area contributed by atoms with E-state index in [9.17, 15) is 4.79 Å². The SMILES string of the molecule is Cc1cc(C)c(C)c(OCCc2ncc(C(=O)NN)s2)c1. The summed E-state index contributed by atoms with van der Waals surface area (Å²) in [6, 6.07) is 4.18. The summed E-state index contributed by atoms with van der Waals surface area (Å²) in [6.45, 7) is 6.71. The number of hydrazine groups is 1. The van der Waals surface area contributed by atoms with Crippen molar-refractivity contribution in [2.45, 2.75) is 27.2 Å². The van der Waals surface area contributed by atoms with Crippen LogP contribution in [-0.4, -0.2) is 17.5 Å². The second kappa shape index (κ2) is 6.69. The molecule has 1 amide bonds. The van der Waals surface area contributed by atoms with E-state index in [-0.39, 0.29) is 5.91 Å². The van der Waals surface area contributed by atoms with Gasteiger partial charge in [-0.15, -0.1) is 11.3 Å². The lowest BCUT2D eigenvalue weighted by atomic mass is 10.1. The van der Waals surface area contributed by atoms with Crippen molar-refractivity contribution in [2.75, 3.05) is 6.61 Å². The number of ether oxygens (including phenoxy) is 1. The maximum absolute atomic E-state index is 11.3. The van der Waals surface area contributed by atoms with E-state index in [0.717, 1.165) is 16.3 Å². The average molecular weight is 305 g/mol. The summed E-state index contributed by atoms with van der Waals surface area (Å²) in [5.41, 5.74) is 5.66. The lowest BCUT2D eigenvalue weighted by molar-refractivity contribution is 0.0957. The van der Waals surface area contributed by atoms with Gasteiger partial charge in [0.1, 0.15) is 10.6 Å². The molecular formula is C15H19N3O2S. The minimum atomic E-state index is -0.315. The summed E-state index contributed by atoms with van der Waals surface area (Å²) in [4.78, 5) is 16.1. The van der Waals surface area contributed by atoms with Gasteiger partial charge in [0, 0.05) is 6.42 Å². The maximum atomic E-state index is 11.3. The number of hydrogen-bond donors (Lipinski definition) is 2. The summed E-state index contributed by atoms with van der Waals surface area (Å²) < 4.78 is 5.84. The molecule has 2 rings (SSSR count). The van der Waals surface area contributed by atoms with Crippen molar-refractivity contribution >= 4 is 17.2 Å². The minimum Gasteiger partial charge on any atom is -0.493 e. The number of nitrogens with one attached hydrogen (secondary N) is 1. The first-order valence-corrected chi connectivity index (χ1v) is 7.49. The van der Waals surface area contributed by atoms with E-state index in [1.165, 1.54) is 28.7 Å². The van der Waals surface area contributed by atoms with Crippen molar-refractivity contribution < 1.29 is 9.53 Å². The number of nitrogens with zero attached hydrogens (tertiary/aromatic N) is 1. The predicted molar refractivity (Wildman–Crippen MR) is 83.6 cm³/mol. The molecule has 0 saturated heterocycles. The summed E-state index contributed by atoms with van der Waals surface area (Å²) in [5.74, 6) is 5.68. The third-order valence-electron chi connectivity index (χ3n) is 3.25. The Hall–Kier alpha value is -1.92. The highest BCUT2D eigenvalue weighted by Crippen LogP contribution is 2.23. The third-order valence-corrected chi connectivity index (χ3v) is 4.30. The number of thiazole rings is 1. The number of nitrogens with two attached hydrogens (primary N) is 1. The largest absolute Gasteiger partial charge is 0.493 e. The lowest BCUT2D eigenvalue weighted by Gasteiger charge is -2.11. The van der Waals surface area contributed by atoms with Crippen LogP contribution in [0.25, 0.3) is 0 Å². The van der Waals surface area contributed by atoms with Crippen molar-refractivity contribution in [1.29, 1.82) is 0 Å². The second-order valence-electron chi connectivity index (χ2n) is 4.90. The van der Waals surface area contributed by atoms with Gasteiger partial charge in [-0.25, -0.2) is 10.8 Å². The minimum absolute atomic E-state index is 0.315. The van der Waals surface area contributed by atoms with Crippen LogP contribution in [0.4, 0.5) is 0 Å². The molecular weight excluding hydrogens is 286 g/mol. The van der Waals surface area contributed by atoms with E-state index >= 15 is 0 Å². The van der Waals surface area contributed by atoms with E-state index in [0.29, 0.717) is 17.9 Å². The van der Waals surface area contributed by atoms with Crippen molar-refractivity contribution in [3.8, 4) is 5.75 Å². The summed E-state index contributed by atoms with van der Waals surface area (Å²) in [5, 5.41) is 0.857. The van der Waals surface area contributed by atoms with Crippen LogP contribution in [-0.2, 0) is 6.42 Å². The molecule has 0 bridgehead atoms. The van der Waals surface area contributed by atoms with Crippen LogP contribution in [0.5, 0.6) is 5.75 Å². The van der Waals surface area contributed by atoms with Crippen molar-refractivity contribution in [3.05, 3.63) is 44.9 Å². The monoisotopic (exact) mass is 305 g/mol. The topological polar surface area (TPSA) is 77.2 Å². The van der Waals surface area contributed by atoms with Gasteiger partial charge in [0.2, 0.25) is 0 Å². The van der Waals surface area contributed by atoms with E-state index in [1.807, 2.05) is 6.07 Å². The van der Waals surface area contributed by atoms with Crippen LogP contribution >= 0.6 is 11.3 Å². The highest BCUT2D eigenvalue weighted by molar-refractivity contribution is 7.13. The van der Waals surface area contributed by atoms with Crippen molar-refractivity contribution in [1.82, 2.24) is 10.4 Å². The zero-order valence-corrected chi connectivity index (χ0v) is 13.2. The number of rotatable bonds is 5. The molecule has 0 saturated carbocycles. The molecule has 0 aliphatic carbocycles. The molecule has 0 unspecified atom stereocenters. The quantitative estimate of drug-likeness (QED) is 0.505. The molecule has 0 aliphatic rings. The first-order chi connectivity index (χ1) is 10.0. The van der Waals surface area contributed by atoms with Gasteiger partial charge in [-0.3, -0.25) is 10.2 Å². The Morgan fingerprint density at radius 1 is 1.38 bits per heavy atom. The Morgan fingerprint density at radius 2 is 2.14 bits per heavy atom. The highest BCUT2D eigenvalue weighted by Gasteiger charge is 2.09. The third kappa shape index (κ3) is 3.80. The number of amides is 1. The summed E-state index contributed by atoms with van der Waals surface area (Å²) in [7, 11) is 0. The molecule has 112 valence electrons. The number of aromatic nitrogens is 1. The van der Waals surface area contributed by atoms with Crippen LogP contribution in [0, 0.1) is 20.8 Å². The first-order valence-electron chi connectivity index (χ1n) is 6.67. The van der Waals surface area contributed by atoms with Gasteiger partial charge in [-0.05, 0) is 43.5 Å². The molecule has 6 heteroatoms. The number of benzene rings is 1. The smallest absolute Gasteiger partial charge is 0.276 e. The Labute approximate surface area is 128 Å². The molecule has 0 radical (unpaired) electrons. The fraction of sp³-hybridized carbons (Fsp3) is 0.333. The van der Waals surface area contributed by atoms with E-state index in [1.54, 1.807) is 0 Å². The molecule has 3 N–H and O–H groups in total. The number of carbonyl (C=O) groups is 1. The van der Waals surface area contributed by atoms with Crippen LogP contribution in [0.15, 0.2) is 18.3 Å². The Balaban J connectivity index is 1.96. The van der Waals surface area contributed by atoms with Gasteiger partial charge in [0.25, 0.3) is 5.91 Å². The normalized spacial score (nSPS) is 10.5. The van der Waals surface area contributed by atoms with Gasteiger partial charge < -0.3 is 4.74 Å². The molecule has 2 aromatic rings. The van der Waals surface area contributed by atoms with Gasteiger partial charge in [-0.1, -0.05) is 6.07 Å². The number of aryl methyl sites for hydroxylation is 2. The summed E-state index contributed by atoms with van der Waals surface area (Å²) >= 11 is 1.33. The summed E-state index contributed by atoms with van der Waals surface area (Å²) in [6.07, 6.45) is 2.19. The van der Waals surface area contributed by atoms with Crippen LogP contribution in [0.3, 0.4) is 0 Å². The van der Waals surface area contributed by atoms with E-state index in [4.69, 9.17) is 10.6 Å². The standard InChI is InChI=1S/C15H19N3O2S/c1-9-6-10(2)11(3)12(7-9)20-5-4-14-17-8-13(21-14)15(19)18-16/h6-8H,4-5,16H2,1-3H3,(H,18,19). The lowest BCUT2D eigenvalue weighted by Crippen LogP contribution is -2.29. The van der Waals surface area contributed by atoms with Gasteiger partial charge in [0.15, 0.2) is 0 Å². The molecule has 1 heterocycles. The molecule has 21 heavy (non-hydrogen) atoms. The van der Waals surface area contributed by atoms with E-state index < -0.39 is 0 Å². The molecule has 0 fully saturated rings. The molecule has 0 aliphatic heterocycles. The fourth-order valence-electron chi connectivity index (χ4n) is 2.00. The Kier molecular flexibility index (Phi) is 4.93. The zero-order chi connectivity index (χ0) is 15.4. The van der Waals surface area contributed by atoms with E-state index in [2.05, 4.69) is 37.2 Å². The number of nitrogen functional groups attached to an aromatic ring is 1. The highest BCUT2D eigenvalue weighted by atomic mass is 32.1. The predicted octanol–water partition coefficient (Wildman–Crippen LogP) is 2.29. The number of hydrogen-bond acceptors (Lipinski definition) is 5. The van der Waals surface area contributed by atoms with Crippen LogP contribution in [0.2, 0.25) is 0 Å². The molecule has 0 atom stereocenters. The molecule has 0 spiro atoms. The fourth-order valence-corrected chi connectivity index (χ4v) is 2.80. The molecule has 1 aromatic carbocycles.